The van der Waals surface area contributed by atoms with Crippen LogP contribution in [0, 0.1) is 11.3 Å². The van der Waals surface area contributed by atoms with Crippen LogP contribution in [-0.2, 0) is 0 Å². The average Bonchev–Trinajstić information content (AvgIpc) is 3.02. The summed E-state index contributed by atoms with van der Waals surface area (Å²) >= 11 is 0. The van der Waals surface area contributed by atoms with E-state index in [-0.39, 0.29) is 0 Å². The molecule has 4 heteroatoms. The highest BCUT2D eigenvalue weighted by Crippen LogP contribution is 2.25. The first kappa shape index (κ1) is 12.4. The summed E-state index contributed by atoms with van der Waals surface area (Å²) in [6.07, 6.45) is 7.29. The standard InChI is InChI=1S/C15H20N4/c16-12-13-5-6-17-15(11-13)19-9-7-18(8-10-19)14-3-1-2-4-14/h5-6,11,14H,1-4,7-10H2. The highest BCUT2D eigenvalue weighted by atomic mass is 15.3. The van der Waals surface area contributed by atoms with Crippen LogP contribution in [0.1, 0.15) is 31.2 Å². The molecule has 100 valence electrons. The van der Waals surface area contributed by atoms with Crippen molar-refractivity contribution in [3.05, 3.63) is 23.9 Å². The van der Waals surface area contributed by atoms with E-state index in [0.29, 0.717) is 5.56 Å². The lowest BCUT2D eigenvalue weighted by atomic mass is 10.1. The average molecular weight is 256 g/mol. The molecule has 0 amide bonds. The zero-order chi connectivity index (χ0) is 13.1. The number of hydrogen-bond acceptors (Lipinski definition) is 4. The van der Waals surface area contributed by atoms with E-state index in [4.69, 9.17) is 5.26 Å². The molecule has 1 aromatic rings. The molecule has 0 unspecified atom stereocenters. The number of rotatable bonds is 2. The second-order valence-electron chi connectivity index (χ2n) is 5.48. The van der Waals surface area contributed by atoms with Gasteiger partial charge in [-0.2, -0.15) is 5.26 Å². The highest BCUT2D eigenvalue weighted by Gasteiger charge is 2.26. The second-order valence-corrected chi connectivity index (χ2v) is 5.48. The summed E-state index contributed by atoms with van der Waals surface area (Å²) in [6, 6.07) is 6.66. The predicted molar refractivity (Wildman–Crippen MR) is 75.0 cm³/mol. The lowest BCUT2D eigenvalue weighted by Gasteiger charge is -2.38. The van der Waals surface area contributed by atoms with Gasteiger partial charge in [0.25, 0.3) is 0 Å². The molecule has 1 saturated heterocycles. The van der Waals surface area contributed by atoms with Crippen molar-refractivity contribution in [3.63, 3.8) is 0 Å². The quantitative estimate of drug-likeness (QED) is 0.812. The van der Waals surface area contributed by atoms with Crippen molar-refractivity contribution in [2.75, 3.05) is 31.1 Å². The van der Waals surface area contributed by atoms with Crippen LogP contribution in [-0.4, -0.2) is 42.1 Å². The molecule has 2 fully saturated rings. The number of piperazine rings is 1. The Morgan fingerprint density at radius 1 is 1.16 bits per heavy atom. The van der Waals surface area contributed by atoms with Gasteiger partial charge in [0, 0.05) is 38.4 Å². The zero-order valence-corrected chi connectivity index (χ0v) is 11.3. The Morgan fingerprint density at radius 2 is 1.89 bits per heavy atom. The number of nitriles is 1. The Labute approximate surface area is 114 Å². The van der Waals surface area contributed by atoms with Gasteiger partial charge in [-0.05, 0) is 25.0 Å². The summed E-state index contributed by atoms with van der Waals surface area (Å²) in [5.41, 5.74) is 0.697. The molecule has 1 aliphatic heterocycles. The van der Waals surface area contributed by atoms with E-state index in [0.717, 1.165) is 38.0 Å². The van der Waals surface area contributed by atoms with Crippen LogP contribution in [0.4, 0.5) is 5.82 Å². The third kappa shape index (κ3) is 2.71. The molecule has 19 heavy (non-hydrogen) atoms. The van der Waals surface area contributed by atoms with Crippen molar-refractivity contribution in [1.82, 2.24) is 9.88 Å². The first-order valence-corrected chi connectivity index (χ1v) is 7.22. The molecule has 0 radical (unpaired) electrons. The SMILES string of the molecule is N#Cc1ccnc(N2CCN(C3CCCC3)CC2)c1. The largest absolute Gasteiger partial charge is 0.354 e. The van der Waals surface area contributed by atoms with E-state index in [9.17, 15) is 0 Å². The van der Waals surface area contributed by atoms with Gasteiger partial charge in [0.1, 0.15) is 5.82 Å². The van der Waals surface area contributed by atoms with E-state index in [1.807, 2.05) is 6.07 Å². The first-order valence-electron chi connectivity index (χ1n) is 7.22. The maximum absolute atomic E-state index is 8.94. The van der Waals surface area contributed by atoms with Gasteiger partial charge in [0.2, 0.25) is 0 Å². The highest BCUT2D eigenvalue weighted by molar-refractivity contribution is 5.45. The maximum Gasteiger partial charge on any atom is 0.129 e. The molecule has 0 aromatic carbocycles. The summed E-state index contributed by atoms with van der Waals surface area (Å²) in [4.78, 5) is 9.32. The van der Waals surface area contributed by atoms with Gasteiger partial charge < -0.3 is 4.90 Å². The normalized spacial score (nSPS) is 21.5. The third-order valence-corrected chi connectivity index (χ3v) is 4.35. The Hall–Kier alpha value is -1.60. The van der Waals surface area contributed by atoms with Crippen LogP contribution in [0.3, 0.4) is 0 Å². The molecule has 1 aliphatic carbocycles. The summed E-state index contributed by atoms with van der Waals surface area (Å²) in [7, 11) is 0. The maximum atomic E-state index is 8.94. The van der Waals surface area contributed by atoms with Gasteiger partial charge in [-0.1, -0.05) is 12.8 Å². The van der Waals surface area contributed by atoms with E-state index >= 15 is 0 Å². The minimum atomic E-state index is 0.697. The van der Waals surface area contributed by atoms with E-state index < -0.39 is 0 Å². The minimum Gasteiger partial charge on any atom is -0.354 e. The molecule has 0 atom stereocenters. The summed E-state index contributed by atoms with van der Waals surface area (Å²) < 4.78 is 0. The number of pyridine rings is 1. The molecular weight excluding hydrogens is 236 g/mol. The van der Waals surface area contributed by atoms with Gasteiger partial charge in [0.05, 0.1) is 11.6 Å². The molecule has 1 aromatic heterocycles. The van der Waals surface area contributed by atoms with Gasteiger partial charge in [-0.25, -0.2) is 4.98 Å². The van der Waals surface area contributed by atoms with Crippen LogP contribution in [0.15, 0.2) is 18.3 Å². The monoisotopic (exact) mass is 256 g/mol. The fourth-order valence-electron chi connectivity index (χ4n) is 3.25. The molecule has 0 spiro atoms. The topological polar surface area (TPSA) is 43.2 Å². The van der Waals surface area contributed by atoms with Gasteiger partial charge in [-0.3, -0.25) is 4.90 Å². The second kappa shape index (κ2) is 5.58. The predicted octanol–water partition coefficient (Wildman–Crippen LogP) is 2.02. The zero-order valence-electron chi connectivity index (χ0n) is 11.3. The van der Waals surface area contributed by atoms with Crippen molar-refractivity contribution in [1.29, 1.82) is 5.26 Å². The van der Waals surface area contributed by atoms with Crippen LogP contribution < -0.4 is 4.90 Å². The minimum absolute atomic E-state index is 0.697. The van der Waals surface area contributed by atoms with Crippen LogP contribution in [0.25, 0.3) is 0 Å². The summed E-state index contributed by atoms with van der Waals surface area (Å²) in [6.45, 7) is 4.31. The van der Waals surface area contributed by atoms with Crippen LogP contribution in [0.5, 0.6) is 0 Å². The van der Waals surface area contributed by atoms with Gasteiger partial charge in [0.15, 0.2) is 0 Å². The molecule has 4 nitrogen and oxygen atoms in total. The molecule has 2 heterocycles. The van der Waals surface area contributed by atoms with E-state index in [1.54, 1.807) is 12.3 Å². The van der Waals surface area contributed by atoms with Crippen molar-refractivity contribution in [2.45, 2.75) is 31.7 Å². The summed E-state index contributed by atoms with van der Waals surface area (Å²) in [5, 5.41) is 8.94. The van der Waals surface area contributed by atoms with Gasteiger partial charge >= 0.3 is 0 Å². The van der Waals surface area contributed by atoms with E-state index in [1.165, 1.54) is 25.7 Å². The van der Waals surface area contributed by atoms with Crippen molar-refractivity contribution in [2.24, 2.45) is 0 Å². The molecule has 2 aliphatic rings. The van der Waals surface area contributed by atoms with Crippen molar-refractivity contribution < 1.29 is 0 Å². The number of aromatic nitrogens is 1. The van der Waals surface area contributed by atoms with Crippen molar-refractivity contribution in [3.8, 4) is 6.07 Å². The fourth-order valence-corrected chi connectivity index (χ4v) is 3.25. The van der Waals surface area contributed by atoms with Crippen LogP contribution >= 0.6 is 0 Å². The lowest BCUT2D eigenvalue weighted by Crippen LogP contribution is -2.50. The first-order chi connectivity index (χ1) is 9.36. The van der Waals surface area contributed by atoms with E-state index in [2.05, 4.69) is 20.9 Å². The number of nitrogens with zero attached hydrogens (tertiary/aromatic N) is 4. The third-order valence-electron chi connectivity index (χ3n) is 4.35. The smallest absolute Gasteiger partial charge is 0.129 e. The van der Waals surface area contributed by atoms with Crippen LogP contribution in [0.2, 0.25) is 0 Å². The molecule has 3 rings (SSSR count). The number of hydrogen-bond donors (Lipinski definition) is 0. The Morgan fingerprint density at radius 3 is 2.58 bits per heavy atom. The summed E-state index contributed by atoms with van der Waals surface area (Å²) in [5.74, 6) is 0.949. The fraction of sp³-hybridized carbons (Fsp3) is 0.600. The van der Waals surface area contributed by atoms with Gasteiger partial charge in [-0.15, -0.1) is 0 Å². The Bertz CT molecular complexity index is 465. The number of anilines is 1. The molecule has 0 bridgehead atoms. The molecule has 0 N–H and O–H groups in total. The Kier molecular flexibility index (Phi) is 3.65. The Balaban J connectivity index is 1.61. The molecular formula is C15H20N4. The molecule has 1 saturated carbocycles. The lowest BCUT2D eigenvalue weighted by molar-refractivity contribution is 0.187. The van der Waals surface area contributed by atoms with Crippen molar-refractivity contribution >= 4 is 5.82 Å².